The number of thiophene rings is 1. The second kappa shape index (κ2) is 5.17. The Labute approximate surface area is 130 Å². The summed E-state index contributed by atoms with van der Waals surface area (Å²) in [5.41, 5.74) is 1.92. The van der Waals surface area contributed by atoms with E-state index in [9.17, 15) is 0 Å². The SMILES string of the molecule is Clc1nc(-c2cc(Br)c(Br)s2)nc2c1COCC2. The summed E-state index contributed by atoms with van der Waals surface area (Å²) in [4.78, 5) is 9.94. The zero-order valence-electron chi connectivity index (χ0n) is 9.04. The molecule has 3 heterocycles. The largest absolute Gasteiger partial charge is 0.376 e. The van der Waals surface area contributed by atoms with Gasteiger partial charge in [-0.3, -0.25) is 0 Å². The predicted octanol–water partition coefficient (Wildman–Crippen LogP) is 4.46. The number of ether oxygens (including phenoxy) is 1. The van der Waals surface area contributed by atoms with Gasteiger partial charge in [0, 0.05) is 16.5 Å². The molecule has 0 fully saturated rings. The highest BCUT2D eigenvalue weighted by atomic mass is 79.9. The van der Waals surface area contributed by atoms with Gasteiger partial charge >= 0.3 is 0 Å². The Kier molecular flexibility index (Phi) is 3.73. The highest BCUT2D eigenvalue weighted by molar-refractivity contribution is 9.13. The molecule has 0 N–H and O–H groups in total. The molecular formula is C11H7Br2ClN2OS. The lowest BCUT2D eigenvalue weighted by atomic mass is 10.1. The lowest BCUT2D eigenvalue weighted by Gasteiger charge is -2.16. The van der Waals surface area contributed by atoms with E-state index in [1.54, 1.807) is 11.3 Å². The van der Waals surface area contributed by atoms with E-state index in [1.165, 1.54) is 0 Å². The maximum Gasteiger partial charge on any atom is 0.171 e. The van der Waals surface area contributed by atoms with Crippen LogP contribution in [0.1, 0.15) is 11.3 Å². The monoisotopic (exact) mass is 408 g/mol. The summed E-state index contributed by atoms with van der Waals surface area (Å²) in [7, 11) is 0. The second-order valence-corrected chi connectivity index (χ2v) is 7.38. The van der Waals surface area contributed by atoms with Crippen molar-refractivity contribution >= 4 is 54.8 Å². The quantitative estimate of drug-likeness (QED) is 0.652. The van der Waals surface area contributed by atoms with Crippen molar-refractivity contribution < 1.29 is 4.74 Å². The third kappa shape index (κ3) is 2.36. The van der Waals surface area contributed by atoms with Crippen LogP contribution in [0.3, 0.4) is 0 Å². The number of hydrogen-bond donors (Lipinski definition) is 0. The Morgan fingerprint density at radius 2 is 2.17 bits per heavy atom. The molecular weight excluding hydrogens is 403 g/mol. The number of hydrogen-bond acceptors (Lipinski definition) is 4. The van der Waals surface area contributed by atoms with Crippen LogP contribution in [-0.2, 0) is 17.8 Å². The summed E-state index contributed by atoms with van der Waals surface area (Å²) in [6, 6.07) is 1.99. The van der Waals surface area contributed by atoms with Crippen LogP contribution in [0.2, 0.25) is 5.15 Å². The maximum atomic E-state index is 6.19. The van der Waals surface area contributed by atoms with Crippen molar-refractivity contribution in [2.75, 3.05) is 6.61 Å². The third-order valence-electron chi connectivity index (χ3n) is 2.64. The standard InChI is InChI=1S/C11H7Br2ClN2OS/c12-6-3-8(18-9(6)13)11-15-7-1-2-17-4-5(7)10(14)16-11/h3H,1-2,4H2. The molecule has 0 aliphatic carbocycles. The van der Waals surface area contributed by atoms with Crippen molar-refractivity contribution in [3.05, 3.63) is 30.7 Å². The van der Waals surface area contributed by atoms with Gasteiger partial charge in [-0.25, -0.2) is 9.97 Å². The van der Waals surface area contributed by atoms with Gasteiger partial charge in [-0.05, 0) is 37.9 Å². The molecule has 18 heavy (non-hydrogen) atoms. The average Bonchev–Trinajstić information content (AvgIpc) is 2.70. The van der Waals surface area contributed by atoms with Crippen LogP contribution < -0.4 is 0 Å². The lowest BCUT2D eigenvalue weighted by molar-refractivity contribution is 0.109. The molecule has 0 radical (unpaired) electrons. The van der Waals surface area contributed by atoms with Crippen molar-refractivity contribution in [3.8, 4) is 10.7 Å². The van der Waals surface area contributed by atoms with E-state index >= 15 is 0 Å². The molecule has 2 aromatic heterocycles. The van der Waals surface area contributed by atoms with Crippen LogP contribution >= 0.6 is 54.8 Å². The molecule has 3 nitrogen and oxygen atoms in total. The summed E-state index contributed by atoms with van der Waals surface area (Å²) >= 11 is 14.7. The van der Waals surface area contributed by atoms with E-state index in [0.29, 0.717) is 24.2 Å². The lowest BCUT2D eigenvalue weighted by Crippen LogP contribution is -2.13. The van der Waals surface area contributed by atoms with E-state index in [0.717, 1.165) is 30.8 Å². The summed E-state index contributed by atoms with van der Waals surface area (Å²) < 4.78 is 7.40. The van der Waals surface area contributed by atoms with Crippen LogP contribution in [0.5, 0.6) is 0 Å². The predicted molar refractivity (Wildman–Crippen MR) is 79.1 cm³/mol. The minimum absolute atomic E-state index is 0.496. The first-order chi connectivity index (χ1) is 8.65. The number of fused-ring (bicyclic) bond motifs is 1. The van der Waals surface area contributed by atoms with E-state index in [4.69, 9.17) is 16.3 Å². The number of aromatic nitrogens is 2. The molecule has 1 aliphatic heterocycles. The highest BCUT2D eigenvalue weighted by Gasteiger charge is 2.19. The third-order valence-corrected chi connectivity index (χ3v) is 6.20. The van der Waals surface area contributed by atoms with Gasteiger partial charge in [-0.1, -0.05) is 11.6 Å². The van der Waals surface area contributed by atoms with Gasteiger partial charge in [0.2, 0.25) is 0 Å². The smallest absolute Gasteiger partial charge is 0.171 e. The van der Waals surface area contributed by atoms with Crippen molar-refractivity contribution in [1.29, 1.82) is 0 Å². The zero-order valence-corrected chi connectivity index (χ0v) is 13.8. The van der Waals surface area contributed by atoms with E-state index < -0.39 is 0 Å². The van der Waals surface area contributed by atoms with Gasteiger partial charge in [0.25, 0.3) is 0 Å². The molecule has 94 valence electrons. The maximum absolute atomic E-state index is 6.19. The topological polar surface area (TPSA) is 35.0 Å². The fraction of sp³-hybridized carbons (Fsp3) is 0.273. The van der Waals surface area contributed by atoms with Crippen LogP contribution in [0.4, 0.5) is 0 Å². The molecule has 1 aliphatic rings. The normalized spacial score (nSPS) is 14.6. The zero-order chi connectivity index (χ0) is 12.7. The average molecular weight is 411 g/mol. The Hall–Kier alpha value is -0.0100. The minimum atomic E-state index is 0.496. The Morgan fingerprint density at radius 3 is 2.89 bits per heavy atom. The highest BCUT2D eigenvalue weighted by Crippen LogP contribution is 2.37. The second-order valence-electron chi connectivity index (χ2n) is 3.80. The Bertz CT molecular complexity index is 598. The minimum Gasteiger partial charge on any atom is -0.376 e. The molecule has 0 saturated heterocycles. The van der Waals surface area contributed by atoms with Crippen molar-refractivity contribution in [1.82, 2.24) is 9.97 Å². The van der Waals surface area contributed by atoms with Crippen LogP contribution in [0.25, 0.3) is 10.7 Å². The first-order valence-electron chi connectivity index (χ1n) is 5.23. The first-order valence-corrected chi connectivity index (χ1v) is 8.01. The van der Waals surface area contributed by atoms with Crippen LogP contribution in [-0.4, -0.2) is 16.6 Å². The molecule has 0 unspecified atom stereocenters. The van der Waals surface area contributed by atoms with E-state index in [2.05, 4.69) is 41.8 Å². The van der Waals surface area contributed by atoms with E-state index in [1.807, 2.05) is 6.07 Å². The molecule has 0 spiro atoms. The van der Waals surface area contributed by atoms with Gasteiger partial charge in [0.05, 0.1) is 27.6 Å². The molecule has 2 aromatic rings. The summed E-state index contributed by atoms with van der Waals surface area (Å²) in [5.74, 6) is 0.678. The van der Waals surface area contributed by atoms with Crippen LogP contribution in [0, 0.1) is 0 Å². The molecule has 3 rings (SSSR count). The molecule has 7 heteroatoms. The first kappa shape index (κ1) is 13.0. The van der Waals surface area contributed by atoms with Crippen molar-refractivity contribution in [2.45, 2.75) is 13.0 Å². The van der Waals surface area contributed by atoms with Crippen LogP contribution in [0.15, 0.2) is 14.3 Å². The van der Waals surface area contributed by atoms with Gasteiger partial charge < -0.3 is 4.74 Å². The molecule has 0 bridgehead atoms. The molecule has 0 saturated carbocycles. The fourth-order valence-corrected chi connectivity index (χ4v) is 3.97. The summed E-state index contributed by atoms with van der Waals surface area (Å²) in [6.45, 7) is 1.20. The Morgan fingerprint density at radius 1 is 1.33 bits per heavy atom. The molecule has 0 amide bonds. The summed E-state index contributed by atoms with van der Waals surface area (Å²) in [6.07, 6.45) is 0.790. The van der Waals surface area contributed by atoms with Gasteiger partial charge in [-0.15, -0.1) is 11.3 Å². The number of rotatable bonds is 1. The van der Waals surface area contributed by atoms with E-state index in [-0.39, 0.29) is 0 Å². The molecule has 0 aromatic carbocycles. The van der Waals surface area contributed by atoms with Crippen molar-refractivity contribution in [2.24, 2.45) is 0 Å². The number of halogens is 3. The van der Waals surface area contributed by atoms with Gasteiger partial charge in [-0.2, -0.15) is 0 Å². The Balaban J connectivity index is 2.10. The summed E-state index contributed by atoms with van der Waals surface area (Å²) in [5, 5.41) is 0.496. The molecule has 0 atom stereocenters. The fourth-order valence-electron chi connectivity index (χ4n) is 1.76. The van der Waals surface area contributed by atoms with Gasteiger partial charge in [0.1, 0.15) is 5.15 Å². The van der Waals surface area contributed by atoms with Crippen molar-refractivity contribution in [3.63, 3.8) is 0 Å². The van der Waals surface area contributed by atoms with Gasteiger partial charge in [0.15, 0.2) is 5.82 Å². The number of nitrogens with zero attached hydrogens (tertiary/aromatic N) is 2.